The lowest BCUT2D eigenvalue weighted by atomic mass is 10.0. The first-order chi connectivity index (χ1) is 12.5. The van der Waals surface area contributed by atoms with E-state index >= 15 is 0 Å². The zero-order valence-electron chi connectivity index (χ0n) is 15.8. The molecular weight excluding hydrogens is 326 g/mol. The molecule has 2 atom stereocenters. The van der Waals surface area contributed by atoms with Crippen LogP contribution in [0.4, 0.5) is 0 Å². The standard InChI is InChI=1S/C21H27N3O2/c1-13-14(2)23-21(22-13)19-11-18(26-3)12-24(19)20(25)10-15-7-8-16-5-4-6-17(16)9-15/h7-9,18-19H,4-6,10-12H2,1-3H3,(H,22,23)/t18-,19+/m1/s1. The van der Waals surface area contributed by atoms with E-state index in [1.54, 1.807) is 7.11 Å². The van der Waals surface area contributed by atoms with E-state index in [2.05, 4.69) is 28.2 Å². The van der Waals surface area contributed by atoms with Gasteiger partial charge in [0.2, 0.25) is 5.91 Å². The molecule has 1 aliphatic heterocycles. The molecule has 1 N–H and O–H groups in total. The minimum atomic E-state index is -0.0331. The molecule has 2 aromatic rings. The number of imidazole rings is 1. The Morgan fingerprint density at radius 1 is 1.31 bits per heavy atom. The van der Waals surface area contributed by atoms with Crippen molar-refractivity contribution in [1.29, 1.82) is 0 Å². The van der Waals surface area contributed by atoms with E-state index in [1.807, 2.05) is 18.7 Å². The average Bonchev–Trinajstić information content (AvgIpc) is 3.33. The van der Waals surface area contributed by atoms with Gasteiger partial charge in [0.25, 0.3) is 0 Å². The summed E-state index contributed by atoms with van der Waals surface area (Å²) in [7, 11) is 1.72. The monoisotopic (exact) mass is 353 g/mol. The Kier molecular flexibility index (Phi) is 4.57. The van der Waals surface area contributed by atoms with Gasteiger partial charge in [-0.05, 0) is 49.8 Å². The van der Waals surface area contributed by atoms with Crippen molar-refractivity contribution in [2.24, 2.45) is 0 Å². The van der Waals surface area contributed by atoms with Crippen LogP contribution in [0.3, 0.4) is 0 Å². The molecule has 1 aliphatic carbocycles. The number of benzene rings is 1. The topological polar surface area (TPSA) is 58.2 Å². The number of likely N-dealkylation sites (tertiary alicyclic amines) is 1. The first-order valence-electron chi connectivity index (χ1n) is 9.51. The van der Waals surface area contributed by atoms with Crippen LogP contribution in [0.25, 0.3) is 0 Å². The molecule has 2 aliphatic rings. The SMILES string of the molecule is CO[C@@H]1C[C@@H](c2nc(C)c(C)[nH]2)N(C(=O)Cc2ccc3c(c2)CCC3)C1. The zero-order valence-corrected chi connectivity index (χ0v) is 15.8. The maximum Gasteiger partial charge on any atom is 0.227 e. The molecule has 1 aromatic carbocycles. The highest BCUT2D eigenvalue weighted by Gasteiger charge is 2.38. The lowest BCUT2D eigenvalue weighted by molar-refractivity contribution is -0.131. The maximum absolute atomic E-state index is 13.1. The van der Waals surface area contributed by atoms with Crippen molar-refractivity contribution < 1.29 is 9.53 Å². The Balaban J connectivity index is 1.54. The summed E-state index contributed by atoms with van der Waals surface area (Å²) in [6.07, 6.45) is 4.84. The van der Waals surface area contributed by atoms with Gasteiger partial charge in [0.15, 0.2) is 0 Å². The third-order valence-corrected chi connectivity index (χ3v) is 5.90. The molecule has 26 heavy (non-hydrogen) atoms. The van der Waals surface area contributed by atoms with Crippen LogP contribution < -0.4 is 0 Å². The summed E-state index contributed by atoms with van der Waals surface area (Å²) in [4.78, 5) is 23.0. The summed E-state index contributed by atoms with van der Waals surface area (Å²) in [5.74, 6) is 1.03. The van der Waals surface area contributed by atoms with Crippen molar-refractivity contribution in [3.05, 3.63) is 52.1 Å². The van der Waals surface area contributed by atoms with Crippen LogP contribution in [0.1, 0.15) is 52.8 Å². The molecule has 5 nitrogen and oxygen atoms in total. The summed E-state index contributed by atoms with van der Waals surface area (Å²) < 4.78 is 5.56. The number of hydrogen-bond acceptors (Lipinski definition) is 3. The third-order valence-electron chi connectivity index (χ3n) is 5.90. The van der Waals surface area contributed by atoms with Gasteiger partial charge in [-0.15, -0.1) is 0 Å². The summed E-state index contributed by atoms with van der Waals surface area (Å²) in [5, 5.41) is 0. The second kappa shape index (κ2) is 6.88. The fraction of sp³-hybridized carbons (Fsp3) is 0.524. The van der Waals surface area contributed by atoms with Crippen molar-refractivity contribution in [2.75, 3.05) is 13.7 Å². The fourth-order valence-electron chi connectivity index (χ4n) is 4.25. The van der Waals surface area contributed by atoms with Crippen LogP contribution in [-0.4, -0.2) is 40.5 Å². The predicted octanol–water partition coefficient (Wildman–Crippen LogP) is 3.05. The summed E-state index contributed by atoms with van der Waals surface area (Å²) in [6.45, 7) is 4.64. The highest BCUT2D eigenvalue weighted by Crippen LogP contribution is 2.33. The highest BCUT2D eigenvalue weighted by atomic mass is 16.5. The number of aryl methyl sites for hydroxylation is 4. The molecule has 1 aromatic heterocycles. The van der Waals surface area contributed by atoms with Crippen molar-refractivity contribution >= 4 is 5.91 Å². The smallest absolute Gasteiger partial charge is 0.227 e. The minimum absolute atomic E-state index is 0.0331. The molecule has 0 bridgehead atoms. The first-order valence-corrected chi connectivity index (χ1v) is 9.51. The van der Waals surface area contributed by atoms with Gasteiger partial charge < -0.3 is 14.6 Å². The molecule has 0 radical (unpaired) electrons. The highest BCUT2D eigenvalue weighted by molar-refractivity contribution is 5.79. The second-order valence-corrected chi connectivity index (χ2v) is 7.62. The van der Waals surface area contributed by atoms with E-state index < -0.39 is 0 Å². The number of H-pyrrole nitrogens is 1. The number of nitrogens with zero attached hydrogens (tertiary/aromatic N) is 2. The number of fused-ring (bicyclic) bond motifs is 1. The molecule has 0 spiro atoms. The van der Waals surface area contributed by atoms with Crippen LogP contribution in [0, 0.1) is 13.8 Å². The maximum atomic E-state index is 13.1. The number of hydrogen-bond donors (Lipinski definition) is 1. The fourth-order valence-corrected chi connectivity index (χ4v) is 4.25. The van der Waals surface area contributed by atoms with Gasteiger partial charge in [0.05, 0.1) is 24.3 Å². The van der Waals surface area contributed by atoms with E-state index in [0.717, 1.165) is 35.6 Å². The largest absolute Gasteiger partial charge is 0.380 e. The van der Waals surface area contributed by atoms with E-state index in [4.69, 9.17) is 4.74 Å². The van der Waals surface area contributed by atoms with Crippen LogP contribution in [0.5, 0.6) is 0 Å². The number of carbonyl (C=O) groups is 1. The number of methoxy groups -OCH3 is 1. The summed E-state index contributed by atoms with van der Waals surface area (Å²) in [5.41, 5.74) is 6.03. The van der Waals surface area contributed by atoms with Gasteiger partial charge >= 0.3 is 0 Å². The van der Waals surface area contributed by atoms with E-state index in [1.165, 1.54) is 24.0 Å². The molecule has 2 heterocycles. The van der Waals surface area contributed by atoms with Gasteiger partial charge in [0.1, 0.15) is 5.82 Å². The Labute approximate surface area is 154 Å². The molecule has 0 unspecified atom stereocenters. The number of aromatic amines is 1. The van der Waals surface area contributed by atoms with Gasteiger partial charge in [-0.1, -0.05) is 18.2 Å². The lowest BCUT2D eigenvalue weighted by Crippen LogP contribution is -2.33. The Morgan fingerprint density at radius 2 is 2.12 bits per heavy atom. The van der Waals surface area contributed by atoms with Gasteiger partial charge in [-0.3, -0.25) is 4.79 Å². The van der Waals surface area contributed by atoms with Crippen LogP contribution in [0.15, 0.2) is 18.2 Å². The second-order valence-electron chi connectivity index (χ2n) is 7.62. The molecule has 0 saturated carbocycles. The van der Waals surface area contributed by atoms with Crippen molar-refractivity contribution in [2.45, 2.75) is 58.1 Å². The van der Waals surface area contributed by atoms with Gasteiger partial charge in [-0.2, -0.15) is 0 Å². The Morgan fingerprint density at radius 3 is 2.85 bits per heavy atom. The van der Waals surface area contributed by atoms with E-state index in [9.17, 15) is 4.79 Å². The number of amides is 1. The third kappa shape index (κ3) is 3.16. The molecule has 1 fully saturated rings. The number of nitrogens with one attached hydrogen (secondary N) is 1. The molecule has 138 valence electrons. The molecule has 5 heteroatoms. The quantitative estimate of drug-likeness (QED) is 0.919. The normalized spacial score (nSPS) is 22.0. The number of carbonyl (C=O) groups excluding carboxylic acids is 1. The van der Waals surface area contributed by atoms with Gasteiger partial charge in [0, 0.05) is 25.8 Å². The van der Waals surface area contributed by atoms with Crippen molar-refractivity contribution in [3.63, 3.8) is 0 Å². The molecule has 4 rings (SSSR count). The molecular formula is C21H27N3O2. The van der Waals surface area contributed by atoms with Gasteiger partial charge in [-0.25, -0.2) is 4.98 Å². The zero-order chi connectivity index (χ0) is 18.3. The summed E-state index contributed by atoms with van der Waals surface area (Å²) in [6, 6.07) is 6.50. The van der Waals surface area contributed by atoms with Crippen molar-refractivity contribution in [1.82, 2.24) is 14.9 Å². The molecule has 1 amide bonds. The summed E-state index contributed by atoms with van der Waals surface area (Å²) >= 11 is 0. The Hall–Kier alpha value is -2.14. The van der Waals surface area contributed by atoms with E-state index in [-0.39, 0.29) is 18.1 Å². The number of ether oxygens (including phenoxy) is 1. The lowest BCUT2D eigenvalue weighted by Gasteiger charge is -2.23. The number of rotatable bonds is 4. The number of aromatic nitrogens is 2. The minimum Gasteiger partial charge on any atom is -0.380 e. The first kappa shape index (κ1) is 17.3. The molecule has 1 saturated heterocycles. The van der Waals surface area contributed by atoms with Crippen molar-refractivity contribution in [3.8, 4) is 0 Å². The predicted molar refractivity (Wildman–Crippen MR) is 100 cm³/mol. The van der Waals surface area contributed by atoms with Crippen LogP contribution in [0.2, 0.25) is 0 Å². The van der Waals surface area contributed by atoms with Crippen LogP contribution >= 0.6 is 0 Å². The Bertz CT molecular complexity index is 807. The van der Waals surface area contributed by atoms with Crippen LogP contribution in [-0.2, 0) is 28.8 Å². The van der Waals surface area contributed by atoms with E-state index in [0.29, 0.717) is 13.0 Å². The average molecular weight is 353 g/mol.